The van der Waals surface area contributed by atoms with Gasteiger partial charge in [0.05, 0.1) is 17.9 Å². The van der Waals surface area contributed by atoms with E-state index in [-0.39, 0.29) is 35.9 Å². The van der Waals surface area contributed by atoms with E-state index in [1.165, 1.54) is 19.2 Å². The van der Waals surface area contributed by atoms with Gasteiger partial charge in [-0.1, -0.05) is 0 Å². The van der Waals surface area contributed by atoms with E-state index in [4.69, 9.17) is 14.9 Å². The highest BCUT2D eigenvalue weighted by Crippen LogP contribution is 2.23. The number of aliphatic hydroxyl groups excluding tert-OH is 1. The van der Waals surface area contributed by atoms with Gasteiger partial charge in [-0.3, -0.25) is 0 Å². The molecule has 0 radical (unpaired) electrons. The van der Waals surface area contributed by atoms with Crippen molar-refractivity contribution < 1.29 is 28.2 Å². The number of sulfonamides is 1. The second-order valence-electron chi connectivity index (χ2n) is 4.41. The number of rotatable bonds is 10. The first-order chi connectivity index (χ1) is 10.4. The molecule has 0 bridgehead atoms. The van der Waals surface area contributed by atoms with Crippen molar-refractivity contribution in [2.75, 3.05) is 38.7 Å². The molecule has 124 valence electrons. The summed E-state index contributed by atoms with van der Waals surface area (Å²) in [5.74, 6) is -1.21. The fourth-order valence-electron chi connectivity index (χ4n) is 1.68. The standard InChI is InChI=1S/C13H20N2O6S/c1-21-8-6-15-22(19,20)12-9-10(13(17)18)3-4-11(12)14-5-2-7-16/h3-4,9,14-16H,2,5-8H2,1H3,(H,17,18). The number of hydrogen-bond acceptors (Lipinski definition) is 6. The van der Waals surface area contributed by atoms with Gasteiger partial charge in [-0.25, -0.2) is 17.9 Å². The zero-order valence-corrected chi connectivity index (χ0v) is 13.0. The maximum atomic E-state index is 12.3. The summed E-state index contributed by atoms with van der Waals surface area (Å²) in [4.78, 5) is 10.9. The van der Waals surface area contributed by atoms with Gasteiger partial charge in [-0.2, -0.15) is 0 Å². The Bertz CT molecular complexity index is 603. The lowest BCUT2D eigenvalue weighted by atomic mass is 10.2. The highest BCUT2D eigenvalue weighted by Gasteiger charge is 2.20. The third-order valence-electron chi connectivity index (χ3n) is 2.77. The van der Waals surface area contributed by atoms with E-state index in [9.17, 15) is 13.2 Å². The number of aromatic carboxylic acids is 1. The van der Waals surface area contributed by atoms with Crippen molar-refractivity contribution in [3.63, 3.8) is 0 Å². The summed E-state index contributed by atoms with van der Waals surface area (Å²) in [6.07, 6.45) is 0.442. The fourth-order valence-corrected chi connectivity index (χ4v) is 2.90. The third kappa shape index (κ3) is 5.26. The summed E-state index contributed by atoms with van der Waals surface area (Å²) in [6, 6.07) is 3.81. The van der Waals surface area contributed by atoms with E-state index in [0.29, 0.717) is 13.0 Å². The van der Waals surface area contributed by atoms with Gasteiger partial charge in [-0.15, -0.1) is 0 Å². The van der Waals surface area contributed by atoms with Crippen LogP contribution in [0.1, 0.15) is 16.8 Å². The van der Waals surface area contributed by atoms with Crippen molar-refractivity contribution in [3.05, 3.63) is 23.8 Å². The van der Waals surface area contributed by atoms with Crippen molar-refractivity contribution in [2.24, 2.45) is 0 Å². The predicted octanol–water partition coefficient (Wildman–Crippen LogP) is 0.104. The molecule has 1 aromatic carbocycles. The quantitative estimate of drug-likeness (QED) is 0.448. The first-order valence-electron chi connectivity index (χ1n) is 6.63. The lowest BCUT2D eigenvalue weighted by molar-refractivity contribution is 0.0696. The average Bonchev–Trinajstić information content (AvgIpc) is 2.47. The number of hydrogen-bond donors (Lipinski definition) is 4. The van der Waals surface area contributed by atoms with Gasteiger partial charge >= 0.3 is 5.97 Å². The van der Waals surface area contributed by atoms with Crippen molar-refractivity contribution in [1.29, 1.82) is 0 Å². The van der Waals surface area contributed by atoms with Crippen molar-refractivity contribution in [3.8, 4) is 0 Å². The minimum atomic E-state index is -3.87. The zero-order valence-electron chi connectivity index (χ0n) is 12.2. The molecule has 0 heterocycles. The number of carboxylic acid groups (broad SMARTS) is 1. The smallest absolute Gasteiger partial charge is 0.335 e. The van der Waals surface area contributed by atoms with Gasteiger partial charge in [0.25, 0.3) is 0 Å². The van der Waals surface area contributed by atoms with Crippen molar-refractivity contribution in [1.82, 2.24) is 4.72 Å². The Morgan fingerprint density at radius 3 is 2.64 bits per heavy atom. The summed E-state index contributed by atoms with van der Waals surface area (Å²) >= 11 is 0. The highest BCUT2D eigenvalue weighted by molar-refractivity contribution is 7.89. The Balaban J connectivity index is 3.09. The first-order valence-corrected chi connectivity index (χ1v) is 8.11. The van der Waals surface area contributed by atoms with Crippen LogP contribution in [-0.4, -0.2) is 58.0 Å². The maximum absolute atomic E-state index is 12.3. The minimum Gasteiger partial charge on any atom is -0.478 e. The Morgan fingerprint density at radius 1 is 1.32 bits per heavy atom. The fraction of sp³-hybridized carbons (Fsp3) is 0.462. The van der Waals surface area contributed by atoms with Crippen LogP contribution in [0, 0.1) is 0 Å². The van der Waals surface area contributed by atoms with Gasteiger partial charge in [0.2, 0.25) is 10.0 Å². The number of carboxylic acids is 1. The number of methoxy groups -OCH3 is 1. The summed E-state index contributed by atoms with van der Waals surface area (Å²) in [5.41, 5.74) is 0.156. The van der Waals surface area contributed by atoms with Crippen LogP contribution in [-0.2, 0) is 14.8 Å². The van der Waals surface area contributed by atoms with Gasteiger partial charge in [0.15, 0.2) is 0 Å². The van der Waals surface area contributed by atoms with E-state index in [2.05, 4.69) is 10.0 Å². The molecule has 0 atom stereocenters. The Labute approximate surface area is 129 Å². The van der Waals surface area contributed by atoms with Gasteiger partial charge in [0.1, 0.15) is 4.90 Å². The third-order valence-corrected chi connectivity index (χ3v) is 4.27. The molecule has 0 spiro atoms. The first kappa shape index (κ1) is 18.4. The molecule has 1 aromatic rings. The van der Waals surface area contributed by atoms with Crippen LogP contribution in [0.4, 0.5) is 5.69 Å². The molecular weight excluding hydrogens is 312 g/mol. The van der Waals surface area contributed by atoms with Crippen LogP contribution in [0.5, 0.6) is 0 Å². The molecule has 0 saturated carbocycles. The SMILES string of the molecule is COCCNS(=O)(=O)c1cc(C(=O)O)ccc1NCCCO. The zero-order chi connectivity index (χ0) is 16.6. The Kier molecular flexibility index (Phi) is 7.25. The Morgan fingerprint density at radius 2 is 2.05 bits per heavy atom. The number of nitrogens with one attached hydrogen (secondary N) is 2. The Hall–Kier alpha value is -1.68. The minimum absolute atomic E-state index is 0.0334. The molecule has 9 heteroatoms. The van der Waals surface area contributed by atoms with Crippen molar-refractivity contribution >= 4 is 21.7 Å². The normalized spacial score (nSPS) is 11.4. The van der Waals surface area contributed by atoms with Crippen LogP contribution < -0.4 is 10.0 Å². The molecule has 0 aliphatic heterocycles. The van der Waals surface area contributed by atoms with E-state index >= 15 is 0 Å². The van der Waals surface area contributed by atoms with Crippen LogP contribution in [0.15, 0.2) is 23.1 Å². The van der Waals surface area contributed by atoms with E-state index in [1.54, 1.807) is 0 Å². The molecule has 0 amide bonds. The average molecular weight is 332 g/mol. The molecule has 0 aliphatic rings. The lowest BCUT2D eigenvalue weighted by Gasteiger charge is -2.14. The molecule has 4 N–H and O–H groups in total. The summed E-state index contributed by atoms with van der Waals surface area (Å²) in [6.45, 7) is 0.606. The largest absolute Gasteiger partial charge is 0.478 e. The highest BCUT2D eigenvalue weighted by atomic mass is 32.2. The monoisotopic (exact) mass is 332 g/mol. The molecule has 0 saturated heterocycles. The van der Waals surface area contributed by atoms with E-state index < -0.39 is 16.0 Å². The van der Waals surface area contributed by atoms with Crippen molar-refractivity contribution in [2.45, 2.75) is 11.3 Å². The number of benzene rings is 1. The number of carbonyl (C=O) groups is 1. The number of anilines is 1. The molecule has 0 fully saturated rings. The summed E-state index contributed by atoms with van der Waals surface area (Å²) in [5, 5.41) is 20.7. The molecule has 0 unspecified atom stereocenters. The van der Waals surface area contributed by atoms with Gasteiger partial charge in [0, 0.05) is 26.8 Å². The predicted molar refractivity (Wildman–Crippen MR) is 80.7 cm³/mol. The van der Waals surface area contributed by atoms with Crippen LogP contribution >= 0.6 is 0 Å². The van der Waals surface area contributed by atoms with Crippen LogP contribution in [0.3, 0.4) is 0 Å². The molecule has 0 aromatic heterocycles. The van der Waals surface area contributed by atoms with E-state index in [0.717, 1.165) is 6.07 Å². The van der Waals surface area contributed by atoms with Gasteiger partial charge < -0.3 is 20.3 Å². The maximum Gasteiger partial charge on any atom is 0.335 e. The van der Waals surface area contributed by atoms with Crippen LogP contribution in [0.25, 0.3) is 0 Å². The lowest BCUT2D eigenvalue weighted by Crippen LogP contribution is -2.28. The molecular formula is C13H20N2O6S. The number of ether oxygens (including phenoxy) is 1. The van der Waals surface area contributed by atoms with Crippen LogP contribution in [0.2, 0.25) is 0 Å². The molecule has 22 heavy (non-hydrogen) atoms. The summed E-state index contributed by atoms with van der Waals surface area (Å²) < 4.78 is 31.7. The molecule has 0 aliphatic carbocycles. The summed E-state index contributed by atoms with van der Waals surface area (Å²) in [7, 11) is -2.43. The second kappa shape index (κ2) is 8.69. The number of aliphatic hydroxyl groups is 1. The second-order valence-corrected chi connectivity index (χ2v) is 6.15. The van der Waals surface area contributed by atoms with E-state index in [1.807, 2.05) is 0 Å². The van der Waals surface area contributed by atoms with Gasteiger partial charge in [-0.05, 0) is 24.6 Å². The molecule has 8 nitrogen and oxygen atoms in total. The topological polar surface area (TPSA) is 125 Å². The molecule has 1 rings (SSSR count).